The van der Waals surface area contributed by atoms with Gasteiger partial charge in [0.1, 0.15) is 0 Å². The average Bonchev–Trinajstić information content (AvgIpc) is 3.04. The summed E-state index contributed by atoms with van der Waals surface area (Å²) in [7, 11) is 0. The lowest BCUT2D eigenvalue weighted by Crippen LogP contribution is -2.50. The van der Waals surface area contributed by atoms with Crippen LogP contribution in [0.4, 0.5) is 0 Å². The molecule has 2 heteroatoms. The summed E-state index contributed by atoms with van der Waals surface area (Å²) in [4.78, 5) is 0. The van der Waals surface area contributed by atoms with E-state index in [-0.39, 0.29) is 29.3 Å². The molecule has 4 aliphatic carbocycles. The van der Waals surface area contributed by atoms with Gasteiger partial charge in [-0.1, -0.05) is 46.3 Å². The molecule has 4 rings (SSSR count). The van der Waals surface area contributed by atoms with Gasteiger partial charge in [0.05, 0.1) is 13.6 Å². The monoisotopic (exact) mass is 406 g/mol. The smallest absolute Gasteiger partial charge is 0.0603 e. The first-order valence-corrected chi connectivity index (χ1v) is 12.1. The van der Waals surface area contributed by atoms with Crippen LogP contribution in [-0.2, 0) is 0 Å². The van der Waals surface area contributed by atoms with Crippen molar-refractivity contribution < 1.29 is 15.7 Å². The Hall–Kier alpha value is -0.340. The first-order chi connectivity index (χ1) is 15.0. The van der Waals surface area contributed by atoms with Gasteiger partial charge in [-0.15, -0.1) is 0 Å². The summed E-state index contributed by atoms with van der Waals surface area (Å²) in [6, 6.07) is 0. The van der Waals surface area contributed by atoms with E-state index in [4.69, 9.17) is 5.48 Å². The van der Waals surface area contributed by atoms with Crippen LogP contribution in [0.25, 0.3) is 0 Å². The summed E-state index contributed by atoms with van der Waals surface area (Å²) in [6.07, 6.45) is 6.44. The van der Waals surface area contributed by atoms with Crippen molar-refractivity contribution >= 4 is 0 Å². The van der Waals surface area contributed by atoms with E-state index in [0.717, 1.165) is 38.5 Å². The lowest BCUT2D eigenvalue weighted by Gasteiger charge is -2.58. The molecule has 0 aromatic heterocycles. The third-order valence-electron chi connectivity index (χ3n) is 9.90. The van der Waals surface area contributed by atoms with E-state index in [0.29, 0.717) is 23.7 Å². The normalized spacial score (nSPS) is 50.4. The second-order valence-electron chi connectivity index (χ2n) is 11.6. The van der Waals surface area contributed by atoms with Gasteiger partial charge in [-0.2, -0.15) is 0 Å². The van der Waals surface area contributed by atoms with Gasteiger partial charge in [0.15, 0.2) is 0 Å². The summed E-state index contributed by atoms with van der Waals surface area (Å²) < 4.78 is 33.5. The highest BCUT2D eigenvalue weighted by Gasteiger charge is 2.59. The third kappa shape index (κ3) is 3.65. The highest BCUT2D eigenvalue weighted by atomic mass is 16.3. The Kier molecular flexibility index (Phi) is 4.74. The van der Waals surface area contributed by atoms with Crippen LogP contribution in [0.3, 0.4) is 0 Å². The number of fused-ring (bicyclic) bond motifs is 5. The van der Waals surface area contributed by atoms with Crippen LogP contribution in [0.2, 0.25) is 0 Å². The van der Waals surface area contributed by atoms with E-state index in [1.54, 1.807) is 0 Å². The molecule has 0 spiro atoms. The SMILES string of the molecule is [2H]C(C)(C)C([2H])(O)C([2H])([2H])C[C@@H](C)[C@H]1CC[C@H]2[C@@H]3CC=C4C[C@@H](O)CC[C@]4(C)[C@H]3CC[C@]12C. The number of hydrogen-bond donors (Lipinski definition) is 2. The number of aliphatic hydroxyl groups excluding tert-OH is 1. The molecule has 0 saturated heterocycles. The maximum atomic E-state index is 10.7. The van der Waals surface area contributed by atoms with Crippen LogP contribution in [0, 0.1) is 46.3 Å². The van der Waals surface area contributed by atoms with Gasteiger partial charge < -0.3 is 10.2 Å². The summed E-state index contributed by atoms with van der Waals surface area (Å²) in [6.45, 7) is 9.84. The second kappa shape index (κ2) is 7.97. The van der Waals surface area contributed by atoms with Crippen LogP contribution < -0.4 is 0 Å². The molecule has 0 aliphatic heterocycles. The predicted octanol–water partition coefficient (Wildman–Crippen LogP) is 6.36. The first kappa shape index (κ1) is 17.2. The van der Waals surface area contributed by atoms with Crippen molar-refractivity contribution in [2.75, 3.05) is 0 Å². The van der Waals surface area contributed by atoms with Crippen LogP contribution in [0.5, 0.6) is 0 Å². The van der Waals surface area contributed by atoms with E-state index in [9.17, 15) is 10.2 Å². The molecular formula is C27H46O2. The molecule has 0 aromatic carbocycles. The van der Waals surface area contributed by atoms with E-state index >= 15 is 0 Å². The Bertz CT molecular complexity index is 787. The Balaban J connectivity index is 1.53. The quantitative estimate of drug-likeness (QED) is 0.522. The van der Waals surface area contributed by atoms with Crippen molar-refractivity contribution in [1.29, 1.82) is 0 Å². The molecule has 3 saturated carbocycles. The van der Waals surface area contributed by atoms with Crippen molar-refractivity contribution in [3.8, 4) is 0 Å². The van der Waals surface area contributed by atoms with E-state index in [1.807, 2.05) is 0 Å². The third-order valence-corrected chi connectivity index (χ3v) is 9.90. The second-order valence-corrected chi connectivity index (χ2v) is 11.6. The van der Waals surface area contributed by atoms with E-state index in [1.165, 1.54) is 32.3 Å². The number of allylic oxidation sites excluding steroid dienone is 1. The van der Waals surface area contributed by atoms with Gasteiger partial charge in [-0.3, -0.25) is 0 Å². The predicted molar refractivity (Wildman–Crippen MR) is 120 cm³/mol. The Morgan fingerprint density at radius 1 is 1.14 bits per heavy atom. The lowest BCUT2D eigenvalue weighted by atomic mass is 9.47. The number of hydrogen-bond acceptors (Lipinski definition) is 2. The zero-order valence-electron chi connectivity index (χ0n) is 23.3. The molecule has 4 aliphatic rings. The summed E-state index contributed by atoms with van der Waals surface area (Å²) >= 11 is 0. The minimum Gasteiger partial charge on any atom is -0.393 e. The van der Waals surface area contributed by atoms with Gasteiger partial charge in [0.2, 0.25) is 0 Å². The van der Waals surface area contributed by atoms with Crippen molar-refractivity contribution in [1.82, 2.24) is 0 Å². The molecule has 2 N–H and O–H groups in total. The van der Waals surface area contributed by atoms with Crippen LogP contribution in [0.15, 0.2) is 11.6 Å². The Labute approximate surface area is 185 Å². The summed E-state index contributed by atoms with van der Waals surface area (Å²) in [5, 5.41) is 20.9. The van der Waals surface area contributed by atoms with Gasteiger partial charge in [-0.05, 0) is 110 Å². The van der Waals surface area contributed by atoms with Crippen molar-refractivity contribution in [3.05, 3.63) is 11.6 Å². The standard InChI is InChI=1S/C27H46O2/c1-17(2)25(29)11-6-18(3)22-9-10-23-21-8-7-19-16-20(28)12-14-26(19,4)24(21)13-15-27(22,23)5/h7,17-18,20-25,28-29H,6,8-16H2,1-5H3/t18-,20+,21+,22-,23+,24+,25?,26+,27-/m1/s1/i11D2,17D,25D. The zero-order valence-corrected chi connectivity index (χ0v) is 19.3. The molecule has 0 radical (unpaired) electrons. The summed E-state index contributed by atoms with van der Waals surface area (Å²) in [5.41, 5.74) is 1.89. The van der Waals surface area contributed by atoms with Gasteiger partial charge in [0.25, 0.3) is 0 Å². The minimum atomic E-state index is -2.45. The summed E-state index contributed by atoms with van der Waals surface area (Å²) in [5.74, 6) is 0.841. The molecule has 2 nitrogen and oxygen atoms in total. The minimum absolute atomic E-state index is 0.0564. The molecule has 3 fully saturated rings. The molecule has 9 atom stereocenters. The highest BCUT2D eigenvalue weighted by molar-refractivity contribution is 5.25. The average molecular weight is 407 g/mol. The Morgan fingerprint density at radius 3 is 2.62 bits per heavy atom. The number of aliphatic hydroxyl groups is 2. The molecule has 29 heavy (non-hydrogen) atoms. The molecule has 0 heterocycles. The van der Waals surface area contributed by atoms with Crippen LogP contribution >= 0.6 is 0 Å². The van der Waals surface area contributed by atoms with Gasteiger partial charge >= 0.3 is 0 Å². The lowest BCUT2D eigenvalue weighted by molar-refractivity contribution is -0.0579. The van der Waals surface area contributed by atoms with Crippen molar-refractivity contribution in [3.63, 3.8) is 0 Å². The molecule has 0 amide bonds. The molecule has 0 bridgehead atoms. The van der Waals surface area contributed by atoms with Crippen LogP contribution in [-0.4, -0.2) is 22.4 Å². The zero-order chi connectivity index (χ0) is 24.6. The highest BCUT2D eigenvalue weighted by Crippen LogP contribution is 2.67. The fraction of sp³-hybridized carbons (Fsp3) is 0.926. The first-order valence-electron chi connectivity index (χ1n) is 14.1. The topological polar surface area (TPSA) is 40.5 Å². The molecular weight excluding hydrogens is 356 g/mol. The van der Waals surface area contributed by atoms with Crippen molar-refractivity contribution in [2.45, 2.75) is 111 Å². The maximum absolute atomic E-state index is 10.7. The van der Waals surface area contributed by atoms with Gasteiger partial charge in [0, 0.05) is 4.11 Å². The fourth-order valence-corrected chi connectivity index (χ4v) is 8.19. The van der Waals surface area contributed by atoms with E-state index < -0.39 is 18.3 Å². The van der Waals surface area contributed by atoms with E-state index in [2.05, 4.69) is 26.8 Å². The maximum Gasteiger partial charge on any atom is 0.0603 e. The van der Waals surface area contributed by atoms with Crippen LogP contribution in [0.1, 0.15) is 104 Å². The molecule has 1 unspecified atom stereocenters. The largest absolute Gasteiger partial charge is 0.393 e. The number of rotatable bonds is 5. The van der Waals surface area contributed by atoms with Crippen molar-refractivity contribution in [2.24, 2.45) is 46.3 Å². The molecule has 166 valence electrons. The van der Waals surface area contributed by atoms with Gasteiger partial charge in [-0.25, -0.2) is 0 Å². The fourth-order valence-electron chi connectivity index (χ4n) is 8.19. The molecule has 0 aromatic rings. The Morgan fingerprint density at radius 2 is 1.90 bits per heavy atom.